The molecule has 2 atom stereocenters. The number of alkyl halides is 3. The Hall–Kier alpha value is -1.84. The summed E-state index contributed by atoms with van der Waals surface area (Å²) in [6.07, 6.45) is -8.33. The molecule has 2 unspecified atom stereocenters. The van der Waals surface area contributed by atoms with Crippen LogP contribution in [-0.2, 0) is 11.0 Å². The minimum Gasteiger partial charge on any atom is -0.385 e. The zero-order valence-electron chi connectivity index (χ0n) is 9.48. The number of carbonyl (C=O) groups excluding carboxylic acids is 1. The molecule has 0 aliphatic heterocycles. The summed E-state index contributed by atoms with van der Waals surface area (Å²) in [6.45, 7) is 0. The second-order valence-electron chi connectivity index (χ2n) is 3.74. The maximum Gasteiger partial charge on any atom is 0.416 e. The van der Waals surface area contributed by atoms with Gasteiger partial charge in [-0.2, -0.15) is 13.2 Å². The molecule has 0 heterocycles. The van der Waals surface area contributed by atoms with E-state index in [0.717, 1.165) is 6.07 Å². The van der Waals surface area contributed by atoms with Crippen molar-refractivity contribution >= 4 is 11.6 Å². The summed E-state index contributed by atoms with van der Waals surface area (Å²) in [5, 5.41) is 18.9. The first-order chi connectivity index (χ1) is 8.68. The third kappa shape index (κ3) is 3.34. The maximum absolute atomic E-state index is 12.5. The van der Waals surface area contributed by atoms with Gasteiger partial charge in [-0.05, 0) is 12.1 Å². The van der Waals surface area contributed by atoms with Crippen molar-refractivity contribution < 1.29 is 28.2 Å². The number of nitrogens with two attached hydrogens (primary N) is 2. The smallest absolute Gasteiger partial charge is 0.385 e. The average molecular weight is 279 g/mol. The summed E-state index contributed by atoms with van der Waals surface area (Å²) < 4.78 is 37.4. The Morgan fingerprint density at radius 3 is 2.32 bits per heavy atom. The van der Waals surface area contributed by atoms with Crippen molar-refractivity contribution in [1.82, 2.24) is 0 Å². The monoisotopic (exact) mass is 279 g/mol. The van der Waals surface area contributed by atoms with Crippen LogP contribution in [0.5, 0.6) is 0 Å². The molecule has 106 valence electrons. The van der Waals surface area contributed by atoms with E-state index in [4.69, 9.17) is 11.6 Å². The molecule has 0 aliphatic rings. The maximum atomic E-state index is 12.5. The number of benzene rings is 1. The molecule has 0 aliphatic carbocycles. The molecule has 1 amide bonds. The van der Waals surface area contributed by atoms with Crippen LogP contribution in [0.2, 0.25) is 0 Å². The topological polar surface area (TPSA) is 122 Å². The summed E-state index contributed by atoms with van der Waals surface area (Å²) in [4.78, 5) is 10.7. The van der Waals surface area contributed by atoms with Crippen LogP contribution in [0.1, 0.15) is 17.2 Å². The van der Waals surface area contributed by atoms with Gasteiger partial charge in [0.25, 0.3) is 0 Å². The summed E-state index contributed by atoms with van der Waals surface area (Å²) >= 11 is 0. The van der Waals surface area contributed by atoms with Gasteiger partial charge >= 0.3 is 6.18 Å². The normalized spacial score (nSPS) is 14.8. The molecule has 0 aromatic heterocycles. The number of hydrazine groups is 1. The van der Waals surface area contributed by atoms with Gasteiger partial charge in [0.2, 0.25) is 5.91 Å². The van der Waals surface area contributed by atoms with Crippen LogP contribution < -0.4 is 17.0 Å². The molecular formula is C10H12F3N3O3. The number of anilines is 1. The lowest BCUT2D eigenvalue weighted by Crippen LogP contribution is -2.34. The Kier molecular flexibility index (Phi) is 4.35. The predicted molar refractivity (Wildman–Crippen MR) is 59.4 cm³/mol. The Balaban J connectivity index is 3.20. The fraction of sp³-hybridized carbons (Fsp3) is 0.300. The highest BCUT2D eigenvalue weighted by atomic mass is 19.4. The number of primary amides is 1. The Morgan fingerprint density at radius 1 is 1.32 bits per heavy atom. The van der Waals surface area contributed by atoms with Crippen LogP contribution in [-0.4, -0.2) is 22.2 Å². The number of hydrogen-bond acceptors (Lipinski definition) is 5. The Morgan fingerprint density at radius 2 is 1.89 bits per heavy atom. The van der Waals surface area contributed by atoms with Gasteiger partial charge in [0, 0.05) is 5.56 Å². The predicted octanol–water partition coefficient (Wildman–Crippen LogP) is -0.129. The van der Waals surface area contributed by atoms with Crippen molar-refractivity contribution in [3.63, 3.8) is 0 Å². The number of amides is 1. The number of aliphatic hydroxyl groups excluding tert-OH is 2. The molecule has 7 N–H and O–H groups in total. The number of halogens is 3. The van der Waals surface area contributed by atoms with E-state index in [1.54, 1.807) is 0 Å². The van der Waals surface area contributed by atoms with Crippen molar-refractivity contribution in [3.8, 4) is 0 Å². The fourth-order valence-corrected chi connectivity index (χ4v) is 1.44. The summed E-state index contributed by atoms with van der Waals surface area (Å²) in [7, 11) is 0. The average Bonchev–Trinajstić information content (AvgIpc) is 2.34. The number of hydrogen-bond donors (Lipinski definition) is 5. The standard InChI is InChI=1S/C10H12F3N3O3/c11-10(12,13)4-1-2-5(6(3-4)16-15)7(17)8(18)9(14)19/h1-3,7-8,16-18H,15H2,(H2,14,19). The molecular weight excluding hydrogens is 267 g/mol. The van der Waals surface area contributed by atoms with E-state index in [1.165, 1.54) is 0 Å². The highest BCUT2D eigenvalue weighted by Gasteiger charge is 2.32. The van der Waals surface area contributed by atoms with Gasteiger partial charge < -0.3 is 21.4 Å². The van der Waals surface area contributed by atoms with Crippen LogP contribution in [0.15, 0.2) is 18.2 Å². The number of carbonyl (C=O) groups is 1. The number of rotatable bonds is 4. The van der Waals surface area contributed by atoms with Gasteiger partial charge in [0.05, 0.1) is 11.3 Å². The lowest BCUT2D eigenvalue weighted by Gasteiger charge is -2.19. The Labute approximate surface area is 105 Å². The SMILES string of the molecule is NNc1cc(C(F)(F)F)ccc1C(O)C(O)C(N)=O. The first-order valence-corrected chi connectivity index (χ1v) is 5.01. The van der Waals surface area contributed by atoms with E-state index in [9.17, 15) is 28.2 Å². The molecule has 0 saturated carbocycles. The summed E-state index contributed by atoms with van der Waals surface area (Å²) in [6, 6.07) is 2.23. The van der Waals surface area contributed by atoms with Crippen molar-refractivity contribution in [1.29, 1.82) is 0 Å². The fourth-order valence-electron chi connectivity index (χ4n) is 1.44. The number of aliphatic hydroxyl groups is 2. The van der Waals surface area contributed by atoms with E-state index in [-0.39, 0.29) is 11.3 Å². The quantitative estimate of drug-likeness (QED) is 0.388. The van der Waals surface area contributed by atoms with Crippen LogP contribution in [0.25, 0.3) is 0 Å². The lowest BCUT2D eigenvalue weighted by atomic mass is 10.00. The Bertz CT molecular complexity index is 479. The number of nitrogens with one attached hydrogen (secondary N) is 1. The molecule has 9 heteroatoms. The van der Waals surface area contributed by atoms with Crippen LogP contribution in [0.3, 0.4) is 0 Å². The minimum atomic E-state index is -4.59. The van der Waals surface area contributed by atoms with Crippen molar-refractivity contribution in [2.24, 2.45) is 11.6 Å². The molecule has 0 bridgehead atoms. The second-order valence-corrected chi connectivity index (χ2v) is 3.74. The zero-order chi connectivity index (χ0) is 14.8. The van der Waals surface area contributed by atoms with Gasteiger partial charge in [-0.25, -0.2) is 0 Å². The van der Waals surface area contributed by atoms with Crippen LogP contribution in [0, 0.1) is 0 Å². The molecule has 1 rings (SSSR count). The van der Waals surface area contributed by atoms with Gasteiger partial charge in [-0.15, -0.1) is 0 Å². The summed E-state index contributed by atoms with van der Waals surface area (Å²) in [5.74, 6) is 3.84. The molecule has 1 aromatic rings. The van der Waals surface area contributed by atoms with E-state index in [0.29, 0.717) is 12.1 Å². The van der Waals surface area contributed by atoms with Gasteiger partial charge in [-0.3, -0.25) is 10.6 Å². The molecule has 0 saturated heterocycles. The van der Waals surface area contributed by atoms with E-state index >= 15 is 0 Å². The van der Waals surface area contributed by atoms with Crippen molar-refractivity contribution in [2.75, 3.05) is 5.43 Å². The number of nitrogen functional groups attached to an aromatic ring is 1. The molecule has 19 heavy (non-hydrogen) atoms. The van der Waals surface area contributed by atoms with Crippen LogP contribution in [0.4, 0.5) is 18.9 Å². The first-order valence-electron chi connectivity index (χ1n) is 5.01. The van der Waals surface area contributed by atoms with Gasteiger partial charge in [-0.1, -0.05) is 6.07 Å². The summed E-state index contributed by atoms with van der Waals surface area (Å²) in [5.41, 5.74) is 5.29. The molecule has 0 spiro atoms. The van der Waals surface area contributed by atoms with Gasteiger partial charge in [0.1, 0.15) is 6.10 Å². The molecule has 6 nitrogen and oxygen atoms in total. The molecule has 0 fully saturated rings. The highest BCUT2D eigenvalue weighted by molar-refractivity contribution is 5.79. The van der Waals surface area contributed by atoms with Crippen molar-refractivity contribution in [3.05, 3.63) is 29.3 Å². The lowest BCUT2D eigenvalue weighted by molar-refractivity contribution is -0.137. The van der Waals surface area contributed by atoms with E-state index in [1.807, 2.05) is 5.43 Å². The highest BCUT2D eigenvalue weighted by Crippen LogP contribution is 2.34. The zero-order valence-corrected chi connectivity index (χ0v) is 9.48. The molecule has 0 radical (unpaired) electrons. The molecule has 1 aromatic carbocycles. The second kappa shape index (κ2) is 5.43. The minimum absolute atomic E-state index is 0.179. The van der Waals surface area contributed by atoms with Crippen LogP contribution >= 0.6 is 0 Å². The third-order valence-corrected chi connectivity index (χ3v) is 2.45. The third-order valence-electron chi connectivity index (χ3n) is 2.45. The van der Waals surface area contributed by atoms with Gasteiger partial charge in [0.15, 0.2) is 6.10 Å². The first kappa shape index (κ1) is 15.2. The van der Waals surface area contributed by atoms with Crippen molar-refractivity contribution in [2.45, 2.75) is 18.4 Å². The van der Waals surface area contributed by atoms with E-state index < -0.39 is 29.9 Å². The van der Waals surface area contributed by atoms with E-state index in [2.05, 4.69) is 0 Å². The largest absolute Gasteiger partial charge is 0.416 e.